The molecule has 0 radical (unpaired) electrons. The number of nitrogens with one attached hydrogen (secondary N) is 1. The fraction of sp³-hybridized carbons (Fsp3) is 0.316. The van der Waals surface area contributed by atoms with E-state index in [1.165, 1.54) is 24.0 Å². The molecule has 0 amide bonds. The normalized spacial score (nSPS) is 13.3. The lowest BCUT2D eigenvalue weighted by Crippen LogP contribution is -2.22. The van der Waals surface area contributed by atoms with E-state index in [9.17, 15) is 0 Å². The smallest absolute Gasteiger partial charge is 0.193 e. The molecule has 0 aromatic heterocycles. The number of nitrogens with two attached hydrogens (primary N) is 1. The summed E-state index contributed by atoms with van der Waals surface area (Å²) in [5.41, 5.74) is 12.2. The molecule has 0 fully saturated rings. The minimum atomic E-state index is 0. The van der Waals surface area contributed by atoms with Gasteiger partial charge < -0.3 is 15.8 Å². The summed E-state index contributed by atoms with van der Waals surface area (Å²) < 4.78 is 5.15. The molecule has 2 aromatic carbocycles. The van der Waals surface area contributed by atoms with Crippen molar-refractivity contribution < 1.29 is 4.74 Å². The number of anilines is 1. The molecule has 3 N–H and O–H groups in total. The maximum atomic E-state index is 6.01. The maximum absolute atomic E-state index is 6.01. The predicted octanol–water partition coefficient (Wildman–Crippen LogP) is 3.87. The lowest BCUT2D eigenvalue weighted by atomic mass is 10.1. The SMILES string of the molecule is COCc1cccc(CN=C(N)Nc2ccc3c(c2)CCC3)c1.I. The third-order valence-corrected chi connectivity index (χ3v) is 4.11. The third kappa shape index (κ3) is 4.95. The first-order chi connectivity index (χ1) is 11.2. The number of ether oxygens (including phenoxy) is 1. The van der Waals surface area contributed by atoms with Crippen LogP contribution in [0.3, 0.4) is 0 Å². The van der Waals surface area contributed by atoms with Crippen molar-refractivity contribution in [2.75, 3.05) is 12.4 Å². The molecule has 0 atom stereocenters. The van der Waals surface area contributed by atoms with Crippen LogP contribution < -0.4 is 11.1 Å². The zero-order valence-electron chi connectivity index (χ0n) is 13.9. The highest BCUT2D eigenvalue weighted by molar-refractivity contribution is 14.0. The molecular weight excluding hydrogens is 413 g/mol. The Hall–Kier alpha value is -1.60. The first kappa shape index (κ1) is 18.7. The number of aryl methyl sites for hydroxylation is 2. The number of rotatable bonds is 5. The van der Waals surface area contributed by atoms with Crippen LogP contribution in [0, 0.1) is 0 Å². The maximum Gasteiger partial charge on any atom is 0.193 e. The zero-order chi connectivity index (χ0) is 16.1. The average molecular weight is 437 g/mol. The molecule has 0 spiro atoms. The Bertz CT molecular complexity index is 716. The summed E-state index contributed by atoms with van der Waals surface area (Å²) in [5.74, 6) is 0.445. The number of nitrogens with zero attached hydrogens (tertiary/aromatic N) is 1. The van der Waals surface area contributed by atoms with Crippen molar-refractivity contribution in [2.24, 2.45) is 10.7 Å². The Morgan fingerprint density at radius 1 is 1.12 bits per heavy atom. The highest BCUT2D eigenvalue weighted by Crippen LogP contribution is 2.24. The number of hydrogen-bond acceptors (Lipinski definition) is 2. The first-order valence-electron chi connectivity index (χ1n) is 8.00. The molecule has 0 unspecified atom stereocenters. The number of aliphatic imine (C=N–C) groups is 1. The molecular formula is C19H24IN3O. The second-order valence-electron chi connectivity index (χ2n) is 5.92. The van der Waals surface area contributed by atoms with Gasteiger partial charge in [0, 0.05) is 12.8 Å². The molecule has 2 aromatic rings. The van der Waals surface area contributed by atoms with Gasteiger partial charge in [0.25, 0.3) is 0 Å². The van der Waals surface area contributed by atoms with Gasteiger partial charge in [0.05, 0.1) is 13.2 Å². The van der Waals surface area contributed by atoms with Crippen LogP contribution in [0.1, 0.15) is 28.7 Å². The minimum absolute atomic E-state index is 0. The molecule has 0 heterocycles. The molecule has 0 saturated heterocycles. The van der Waals surface area contributed by atoms with Gasteiger partial charge in [0.2, 0.25) is 0 Å². The van der Waals surface area contributed by atoms with Crippen LogP contribution in [0.2, 0.25) is 0 Å². The van der Waals surface area contributed by atoms with Gasteiger partial charge in [-0.3, -0.25) is 0 Å². The van der Waals surface area contributed by atoms with Crippen LogP contribution in [-0.2, 0) is 30.7 Å². The van der Waals surface area contributed by atoms with Crippen LogP contribution in [-0.4, -0.2) is 13.1 Å². The lowest BCUT2D eigenvalue weighted by molar-refractivity contribution is 0.185. The molecule has 24 heavy (non-hydrogen) atoms. The van der Waals surface area contributed by atoms with Crippen molar-refractivity contribution >= 4 is 35.6 Å². The second-order valence-corrected chi connectivity index (χ2v) is 5.92. The van der Waals surface area contributed by atoms with E-state index in [0.717, 1.165) is 23.2 Å². The average Bonchev–Trinajstić information content (AvgIpc) is 3.01. The summed E-state index contributed by atoms with van der Waals surface area (Å²) in [4.78, 5) is 4.43. The van der Waals surface area contributed by atoms with Gasteiger partial charge in [0.15, 0.2) is 5.96 Å². The van der Waals surface area contributed by atoms with Gasteiger partial charge >= 0.3 is 0 Å². The number of halogens is 1. The first-order valence-corrected chi connectivity index (χ1v) is 8.00. The van der Waals surface area contributed by atoms with Gasteiger partial charge in [0.1, 0.15) is 0 Å². The number of fused-ring (bicyclic) bond motifs is 1. The Morgan fingerprint density at radius 3 is 2.75 bits per heavy atom. The Labute approximate surface area is 160 Å². The van der Waals surface area contributed by atoms with E-state index in [1.807, 2.05) is 18.2 Å². The van der Waals surface area contributed by atoms with Crippen molar-refractivity contribution in [1.82, 2.24) is 0 Å². The Morgan fingerprint density at radius 2 is 1.92 bits per heavy atom. The predicted molar refractivity (Wildman–Crippen MR) is 110 cm³/mol. The lowest BCUT2D eigenvalue weighted by Gasteiger charge is -2.08. The van der Waals surface area contributed by atoms with E-state index in [0.29, 0.717) is 19.1 Å². The number of benzene rings is 2. The quantitative estimate of drug-likeness (QED) is 0.424. The molecule has 128 valence electrons. The summed E-state index contributed by atoms with van der Waals surface area (Å²) in [7, 11) is 1.70. The zero-order valence-corrected chi connectivity index (χ0v) is 16.2. The van der Waals surface area contributed by atoms with E-state index in [1.54, 1.807) is 7.11 Å². The largest absolute Gasteiger partial charge is 0.380 e. The van der Waals surface area contributed by atoms with Crippen LogP contribution in [0.15, 0.2) is 47.5 Å². The third-order valence-electron chi connectivity index (χ3n) is 4.11. The molecule has 3 rings (SSSR count). The topological polar surface area (TPSA) is 59.6 Å². The molecule has 5 heteroatoms. The minimum Gasteiger partial charge on any atom is -0.380 e. The van der Waals surface area contributed by atoms with Crippen LogP contribution in [0.5, 0.6) is 0 Å². The van der Waals surface area contributed by atoms with Crippen molar-refractivity contribution in [1.29, 1.82) is 0 Å². The van der Waals surface area contributed by atoms with E-state index >= 15 is 0 Å². The fourth-order valence-corrected chi connectivity index (χ4v) is 3.00. The summed E-state index contributed by atoms with van der Waals surface area (Å²) in [6.45, 7) is 1.17. The molecule has 0 bridgehead atoms. The fourth-order valence-electron chi connectivity index (χ4n) is 3.00. The van der Waals surface area contributed by atoms with Crippen LogP contribution in [0.25, 0.3) is 0 Å². The summed E-state index contributed by atoms with van der Waals surface area (Å²) in [6, 6.07) is 14.6. The van der Waals surface area contributed by atoms with Gasteiger partial charge in [-0.25, -0.2) is 4.99 Å². The highest BCUT2D eigenvalue weighted by atomic mass is 127. The van der Waals surface area contributed by atoms with Crippen LogP contribution >= 0.6 is 24.0 Å². The van der Waals surface area contributed by atoms with Gasteiger partial charge in [-0.1, -0.05) is 30.3 Å². The number of methoxy groups -OCH3 is 1. The summed E-state index contributed by atoms with van der Waals surface area (Å²) >= 11 is 0. The summed E-state index contributed by atoms with van der Waals surface area (Å²) in [6.07, 6.45) is 3.60. The molecule has 1 aliphatic rings. The number of hydrogen-bond donors (Lipinski definition) is 2. The molecule has 0 aliphatic heterocycles. The monoisotopic (exact) mass is 437 g/mol. The van der Waals surface area contributed by atoms with Crippen molar-refractivity contribution in [3.05, 3.63) is 64.7 Å². The standard InChI is InChI=1S/C19H23N3O.HI/c1-23-13-15-5-2-4-14(10-15)12-21-19(20)22-18-9-8-16-6-3-7-17(16)11-18;/h2,4-5,8-11H,3,6-7,12-13H2,1H3,(H3,20,21,22);1H. The van der Waals surface area contributed by atoms with Crippen molar-refractivity contribution in [2.45, 2.75) is 32.4 Å². The van der Waals surface area contributed by atoms with E-state index in [-0.39, 0.29) is 24.0 Å². The van der Waals surface area contributed by atoms with Gasteiger partial charge in [-0.2, -0.15) is 0 Å². The molecule has 0 saturated carbocycles. The number of guanidine groups is 1. The van der Waals surface area contributed by atoms with Crippen molar-refractivity contribution in [3.63, 3.8) is 0 Å². The molecule has 4 nitrogen and oxygen atoms in total. The Balaban J connectivity index is 0.00000208. The molecule has 1 aliphatic carbocycles. The van der Waals surface area contributed by atoms with Gasteiger partial charge in [-0.05, 0) is 53.6 Å². The van der Waals surface area contributed by atoms with Crippen LogP contribution in [0.4, 0.5) is 5.69 Å². The summed E-state index contributed by atoms with van der Waals surface area (Å²) in [5, 5.41) is 3.18. The Kier molecular flexibility index (Phi) is 7.05. The second kappa shape index (κ2) is 9.03. The van der Waals surface area contributed by atoms with E-state index in [4.69, 9.17) is 10.5 Å². The highest BCUT2D eigenvalue weighted by Gasteiger charge is 2.10. The van der Waals surface area contributed by atoms with E-state index < -0.39 is 0 Å². The van der Waals surface area contributed by atoms with Gasteiger partial charge in [-0.15, -0.1) is 24.0 Å². The van der Waals surface area contributed by atoms with E-state index in [2.05, 4.69) is 34.6 Å². The van der Waals surface area contributed by atoms with Crippen molar-refractivity contribution in [3.8, 4) is 0 Å².